The quantitative estimate of drug-likeness (QED) is 0.491. The first-order chi connectivity index (χ1) is 10.2. The highest BCUT2D eigenvalue weighted by Gasteiger charge is 1.98. The molecule has 0 N–H and O–H groups in total. The summed E-state index contributed by atoms with van der Waals surface area (Å²) in [6, 6.07) is 13.2. The van der Waals surface area contributed by atoms with Gasteiger partial charge in [-0.2, -0.15) is 0 Å². The lowest BCUT2D eigenvalue weighted by Crippen LogP contribution is -1.86. The lowest BCUT2D eigenvalue weighted by atomic mass is 10.1. The van der Waals surface area contributed by atoms with Crippen LogP contribution in [0.15, 0.2) is 46.9 Å². The first-order valence-electron chi connectivity index (χ1n) is 7.25. The van der Waals surface area contributed by atoms with E-state index in [1.807, 2.05) is 12.1 Å². The van der Waals surface area contributed by atoms with Crippen LogP contribution < -0.4 is 0 Å². The molecule has 0 atom stereocenters. The molecule has 0 spiro atoms. The minimum absolute atomic E-state index is 0.284. The molecule has 21 heavy (non-hydrogen) atoms. The molecule has 0 aromatic heterocycles. The van der Waals surface area contributed by atoms with Gasteiger partial charge in [0, 0.05) is 11.1 Å². The van der Waals surface area contributed by atoms with Gasteiger partial charge < -0.3 is 0 Å². The predicted octanol–water partition coefficient (Wildman–Crippen LogP) is 5.72. The van der Waals surface area contributed by atoms with Crippen molar-refractivity contribution in [2.75, 3.05) is 0 Å². The lowest BCUT2D eigenvalue weighted by molar-refractivity contribution is 0.621. The number of hydrogen-bond acceptors (Lipinski definition) is 0. The van der Waals surface area contributed by atoms with Gasteiger partial charge in [0.2, 0.25) is 0 Å². The fraction of sp³-hybridized carbons (Fsp3) is 0.263. The zero-order chi connectivity index (χ0) is 15.1. The van der Waals surface area contributed by atoms with E-state index < -0.39 is 0 Å². The number of rotatable bonds is 4. The first kappa shape index (κ1) is 15.8. The smallest absolute Gasteiger partial charge is 0.138 e. The Hall–Kier alpha value is -1.59. The van der Waals surface area contributed by atoms with Gasteiger partial charge in [0.05, 0.1) is 4.47 Å². The first-order valence-corrected chi connectivity index (χ1v) is 8.04. The van der Waals surface area contributed by atoms with Gasteiger partial charge in [-0.1, -0.05) is 43.7 Å². The van der Waals surface area contributed by atoms with Crippen LogP contribution >= 0.6 is 15.9 Å². The van der Waals surface area contributed by atoms with Gasteiger partial charge in [-0.3, -0.25) is 0 Å². The summed E-state index contributed by atoms with van der Waals surface area (Å²) >= 11 is 3.14. The van der Waals surface area contributed by atoms with Crippen LogP contribution in [0.4, 0.5) is 4.39 Å². The van der Waals surface area contributed by atoms with Crippen molar-refractivity contribution in [1.82, 2.24) is 0 Å². The minimum atomic E-state index is -0.284. The Balaban J connectivity index is 2.03. The third-order valence-corrected chi connectivity index (χ3v) is 3.94. The van der Waals surface area contributed by atoms with Crippen LogP contribution in [0.25, 0.3) is 0 Å². The van der Waals surface area contributed by atoms with Gasteiger partial charge in [-0.15, -0.1) is 0 Å². The Morgan fingerprint density at radius 1 is 0.952 bits per heavy atom. The Labute approximate surface area is 134 Å². The Morgan fingerprint density at radius 3 is 2.29 bits per heavy atom. The summed E-state index contributed by atoms with van der Waals surface area (Å²) in [6.07, 6.45) is 4.88. The van der Waals surface area contributed by atoms with Gasteiger partial charge in [-0.25, -0.2) is 4.39 Å². The molecule has 0 bridgehead atoms. The molecule has 0 fully saturated rings. The number of unbranched alkanes of at least 4 members (excludes halogenated alkanes) is 2. The molecule has 0 saturated carbocycles. The van der Waals surface area contributed by atoms with E-state index in [0.717, 1.165) is 12.0 Å². The van der Waals surface area contributed by atoms with Gasteiger partial charge in [0.15, 0.2) is 0 Å². The van der Waals surface area contributed by atoms with Crippen LogP contribution in [-0.2, 0) is 6.42 Å². The van der Waals surface area contributed by atoms with Crippen LogP contribution in [0.5, 0.6) is 0 Å². The highest BCUT2D eigenvalue weighted by Crippen LogP contribution is 2.16. The second-order valence-corrected chi connectivity index (χ2v) is 5.89. The minimum Gasteiger partial charge on any atom is -0.206 e. The van der Waals surface area contributed by atoms with Crippen molar-refractivity contribution in [1.29, 1.82) is 0 Å². The molecule has 0 radical (unpaired) electrons. The standard InChI is InChI=1S/C19H18BrF/c1-2-3-4-5-15-6-8-16(9-7-15)10-11-17-12-13-18(20)19(21)14-17/h6-9,12-14H,2-5H2,1H3. The summed E-state index contributed by atoms with van der Waals surface area (Å²) in [5, 5.41) is 0. The third-order valence-electron chi connectivity index (χ3n) is 3.29. The van der Waals surface area contributed by atoms with E-state index in [2.05, 4.69) is 46.8 Å². The Bertz CT molecular complexity index is 648. The molecule has 0 saturated heterocycles. The largest absolute Gasteiger partial charge is 0.206 e. The molecule has 2 aromatic carbocycles. The van der Waals surface area contributed by atoms with Gasteiger partial charge in [0.1, 0.15) is 5.82 Å². The van der Waals surface area contributed by atoms with Crippen molar-refractivity contribution in [2.24, 2.45) is 0 Å². The summed E-state index contributed by atoms with van der Waals surface area (Å²) < 4.78 is 13.9. The lowest BCUT2D eigenvalue weighted by Gasteiger charge is -2.00. The van der Waals surface area contributed by atoms with Gasteiger partial charge >= 0.3 is 0 Å². The second-order valence-electron chi connectivity index (χ2n) is 5.03. The molecule has 2 rings (SSSR count). The van der Waals surface area contributed by atoms with Gasteiger partial charge in [-0.05, 0) is 64.7 Å². The van der Waals surface area contributed by atoms with Crippen LogP contribution in [0.3, 0.4) is 0 Å². The fourth-order valence-electron chi connectivity index (χ4n) is 2.05. The molecule has 2 aromatic rings. The molecular formula is C19H18BrF. The van der Waals surface area contributed by atoms with Crippen molar-refractivity contribution in [3.63, 3.8) is 0 Å². The van der Waals surface area contributed by atoms with Crippen LogP contribution in [0.1, 0.15) is 42.9 Å². The summed E-state index contributed by atoms with van der Waals surface area (Å²) in [5.41, 5.74) is 2.99. The van der Waals surface area contributed by atoms with E-state index in [9.17, 15) is 4.39 Å². The highest BCUT2D eigenvalue weighted by molar-refractivity contribution is 9.10. The molecular weight excluding hydrogens is 327 g/mol. The number of halogens is 2. The Kier molecular flexibility index (Phi) is 6.02. The van der Waals surface area contributed by atoms with E-state index in [0.29, 0.717) is 10.0 Å². The molecule has 0 aliphatic rings. The molecule has 0 aliphatic carbocycles. The van der Waals surface area contributed by atoms with Crippen LogP contribution in [0.2, 0.25) is 0 Å². The topological polar surface area (TPSA) is 0 Å². The summed E-state index contributed by atoms with van der Waals surface area (Å²) in [5.74, 6) is 5.78. The zero-order valence-electron chi connectivity index (χ0n) is 12.1. The second kappa shape index (κ2) is 8.00. The van der Waals surface area contributed by atoms with Crippen molar-refractivity contribution >= 4 is 15.9 Å². The van der Waals surface area contributed by atoms with Crippen LogP contribution in [-0.4, -0.2) is 0 Å². The Morgan fingerprint density at radius 2 is 1.62 bits per heavy atom. The van der Waals surface area contributed by atoms with Crippen molar-refractivity contribution in [3.8, 4) is 11.8 Å². The zero-order valence-corrected chi connectivity index (χ0v) is 13.7. The van der Waals surface area contributed by atoms with E-state index >= 15 is 0 Å². The average Bonchev–Trinajstić information content (AvgIpc) is 2.50. The van der Waals surface area contributed by atoms with E-state index in [1.54, 1.807) is 12.1 Å². The normalized spacial score (nSPS) is 10.0. The van der Waals surface area contributed by atoms with Crippen LogP contribution in [0, 0.1) is 17.7 Å². The molecule has 0 unspecified atom stereocenters. The van der Waals surface area contributed by atoms with Gasteiger partial charge in [0.25, 0.3) is 0 Å². The van der Waals surface area contributed by atoms with Crippen molar-refractivity contribution in [3.05, 3.63) is 69.4 Å². The number of aryl methyl sites for hydroxylation is 1. The maximum Gasteiger partial charge on any atom is 0.138 e. The van der Waals surface area contributed by atoms with Crippen molar-refractivity contribution in [2.45, 2.75) is 32.6 Å². The molecule has 2 heteroatoms. The molecule has 108 valence electrons. The van der Waals surface area contributed by atoms with E-state index in [1.165, 1.54) is 30.9 Å². The van der Waals surface area contributed by atoms with Crippen molar-refractivity contribution < 1.29 is 4.39 Å². The molecule has 0 amide bonds. The number of hydrogen-bond donors (Lipinski definition) is 0. The monoisotopic (exact) mass is 344 g/mol. The molecule has 0 heterocycles. The molecule has 0 nitrogen and oxygen atoms in total. The summed E-state index contributed by atoms with van der Waals surface area (Å²) in [4.78, 5) is 0. The average molecular weight is 345 g/mol. The maximum absolute atomic E-state index is 13.4. The summed E-state index contributed by atoms with van der Waals surface area (Å²) in [7, 11) is 0. The fourth-order valence-corrected chi connectivity index (χ4v) is 2.30. The predicted molar refractivity (Wildman–Crippen MR) is 89.8 cm³/mol. The maximum atomic E-state index is 13.4. The highest BCUT2D eigenvalue weighted by atomic mass is 79.9. The van der Waals surface area contributed by atoms with E-state index in [4.69, 9.17) is 0 Å². The number of benzene rings is 2. The SMILES string of the molecule is CCCCCc1ccc(C#Cc2ccc(Br)c(F)c2)cc1. The molecule has 0 aliphatic heterocycles. The van der Waals surface area contributed by atoms with E-state index in [-0.39, 0.29) is 5.82 Å². The summed E-state index contributed by atoms with van der Waals surface area (Å²) in [6.45, 7) is 2.21. The third kappa shape index (κ3) is 5.02.